The Bertz CT molecular complexity index is 1100. The average molecular weight is 466 g/mol. The lowest BCUT2D eigenvalue weighted by Crippen LogP contribution is -2.51. The Morgan fingerprint density at radius 1 is 1.15 bits per heavy atom. The first-order valence-electron chi connectivity index (χ1n) is 12.1. The number of hydrogen-bond acceptors (Lipinski definition) is 4. The molecule has 0 bridgehead atoms. The van der Waals surface area contributed by atoms with Gasteiger partial charge in [-0.2, -0.15) is 0 Å². The molecule has 1 heterocycles. The van der Waals surface area contributed by atoms with E-state index in [1.807, 2.05) is 36.4 Å². The summed E-state index contributed by atoms with van der Waals surface area (Å²) in [6.07, 6.45) is 4.15. The summed E-state index contributed by atoms with van der Waals surface area (Å²) in [7, 11) is 1.64. The summed E-state index contributed by atoms with van der Waals surface area (Å²) in [5.74, 6) is 0.715. The molecular weight excluding hydrogens is 430 g/mol. The van der Waals surface area contributed by atoms with Gasteiger partial charge >= 0.3 is 6.03 Å². The van der Waals surface area contributed by atoms with Crippen LogP contribution < -0.4 is 15.4 Å². The van der Waals surface area contributed by atoms with Crippen LogP contribution in [0.4, 0.5) is 4.79 Å². The molecule has 182 valence electrons. The van der Waals surface area contributed by atoms with Gasteiger partial charge in [0.05, 0.1) is 7.11 Å². The van der Waals surface area contributed by atoms with Crippen molar-refractivity contribution in [3.8, 4) is 5.75 Å². The van der Waals surface area contributed by atoms with Gasteiger partial charge in [0.2, 0.25) is 5.91 Å². The molecule has 7 heteroatoms. The van der Waals surface area contributed by atoms with Crippen LogP contribution in [0.5, 0.6) is 5.75 Å². The van der Waals surface area contributed by atoms with E-state index in [4.69, 9.17) is 4.74 Å². The second-order valence-electron chi connectivity index (χ2n) is 10.3. The molecule has 1 saturated carbocycles. The Balaban J connectivity index is 1.34. The lowest BCUT2D eigenvalue weighted by atomic mass is 9.65. The summed E-state index contributed by atoms with van der Waals surface area (Å²) in [5.41, 5.74) is 0.315. The highest BCUT2D eigenvalue weighted by molar-refractivity contribution is 6.09. The summed E-state index contributed by atoms with van der Waals surface area (Å²) in [6.45, 7) is 6.80. The van der Waals surface area contributed by atoms with Crippen molar-refractivity contribution in [3.63, 3.8) is 0 Å². The second-order valence-corrected chi connectivity index (χ2v) is 10.3. The maximum atomic E-state index is 13.2. The van der Waals surface area contributed by atoms with Crippen LogP contribution in [0.3, 0.4) is 0 Å². The molecule has 0 unspecified atom stereocenters. The quantitative estimate of drug-likeness (QED) is 0.594. The molecule has 0 radical (unpaired) electrons. The second kappa shape index (κ2) is 9.28. The SMILES string of the molecule is CCC(C)(C)C1CCC2(CC1)NC(=O)N(CC(=O)NCc1ccc3cc(OC)ccc3c1)C2=O. The molecule has 1 spiro atoms. The van der Waals surface area contributed by atoms with Gasteiger partial charge in [-0.3, -0.25) is 14.5 Å². The smallest absolute Gasteiger partial charge is 0.325 e. The number of nitrogens with zero attached hydrogens (tertiary/aromatic N) is 1. The number of fused-ring (bicyclic) bond motifs is 1. The zero-order valence-electron chi connectivity index (χ0n) is 20.6. The molecule has 2 N–H and O–H groups in total. The standard InChI is InChI=1S/C27H35N3O4/c1-5-26(2,3)21-10-12-27(13-11-21)24(32)30(25(33)29-27)17-23(31)28-16-18-6-7-20-15-22(34-4)9-8-19(20)14-18/h6-9,14-15,21H,5,10-13,16-17H2,1-4H3,(H,28,31)(H,29,33). The minimum absolute atomic E-state index is 0.224. The molecule has 7 nitrogen and oxygen atoms in total. The summed E-state index contributed by atoms with van der Waals surface area (Å²) < 4.78 is 5.26. The summed E-state index contributed by atoms with van der Waals surface area (Å²) in [6, 6.07) is 11.3. The van der Waals surface area contributed by atoms with E-state index < -0.39 is 11.6 Å². The number of rotatable bonds is 7. The molecule has 4 rings (SSSR count). The fourth-order valence-corrected chi connectivity index (χ4v) is 5.25. The molecule has 2 aromatic rings. The van der Waals surface area contributed by atoms with Crippen LogP contribution in [0, 0.1) is 11.3 Å². The Kier molecular flexibility index (Phi) is 6.56. The zero-order valence-corrected chi connectivity index (χ0v) is 20.6. The number of imide groups is 1. The van der Waals surface area contributed by atoms with Gasteiger partial charge in [-0.1, -0.05) is 45.4 Å². The lowest BCUT2D eigenvalue weighted by molar-refractivity contribution is -0.136. The first-order valence-corrected chi connectivity index (χ1v) is 12.1. The van der Waals surface area contributed by atoms with Crippen LogP contribution in [0.25, 0.3) is 10.8 Å². The lowest BCUT2D eigenvalue weighted by Gasteiger charge is -2.42. The van der Waals surface area contributed by atoms with Crippen LogP contribution in [0.1, 0.15) is 58.4 Å². The predicted octanol–water partition coefficient (Wildman–Crippen LogP) is 4.38. The Morgan fingerprint density at radius 3 is 2.50 bits per heavy atom. The van der Waals surface area contributed by atoms with E-state index >= 15 is 0 Å². The number of hydrogen-bond donors (Lipinski definition) is 2. The molecular formula is C27H35N3O4. The monoisotopic (exact) mass is 465 g/mol. The molecule has 2 aliphatic rings. The normalized spacial score (nSPS) is 22.8. The molecule has 1 aliphatic carbocycles. The third kappa shape index (κ3) is 4.61. The van der Waals surface area contributed by atoms with Crippen LogP contribution in [-0.2, 0) is 16.1 Å². The molecule has 0 atom stereocenters. The zero-order chi connectivity index (χ0) is 24.5. The van der Waals surface area contributed by atoms with Gasteiger partial charge in [0.15, 0.2) is 0 Å². The van der Waals surface area contributed by atoms with Crippen molar-refractivity contribution in [1.82, 2.24) is 15.5 Å². The van der Waals surface area contributed by atoms with E-state index in [1.165, 1.54) is 0 Å². The van der Waals surface area contributed by atoms with E-state index in [9.17, 15) is 14.4 Å². The molecule has 0 aromatic heterocycles. The average Bonchev–Trinajstić information content (AvgIpc) is 3.06. The minimum Gasteiger partial charge on any atom is -0.497 e. The van der Waals surface area contributed by atoms with Gasteiger partial charge in [0, 0.05) is 6.54 Å². The molecule has 2 aromatic carbocycles. The van der Waals surface area contributed by atoms with Crippen molar-refractivity contribution in [2.75, 3.05) is 13.7 Å². The number of amides is 4. The number of carbonyl (C=O) groups excluding carboxylic acids is 3. The predicted molar refractivity (Wildman–Crippen MR) is 131 cm³/mol. The Hall–Kier alpha value is -3.09. The minimum atomic E-state index is -0.850. The number of ether oxygens (including phenoxy) is 1. The van der Waals surface area contributed by atoms with Crippen LogP contribution in [0.15, 0.2) is 36.4 Å². The van der Waals surface area contributed by atoms with Crippen molar-refractivity contribution in [2.45, 2.75) is 65.0 Å². The van der Waals surface area contributed by atoms with E-state index in [2.05, 4.69) is 31.4 Å². The highest BCUT2D eigenvalue weighted by Gasteiger charge is 2.53. The van der Waals surface area contributed by atoms with Gasteiger partial charge in [0.1, 0.15) is 17.8 Å². The maximum Gasteiger partial charge on any atom is 0.325 e. The van der Waals surface area contributed by atoms with Gasteiger partial charge in [-0.25, -0.2) is 4.79 Å². The number of carbonyl (C=O) groups is 3. The highest BCUT2D eigenvalue weighted by atomic mass is 16.5. The summed E-state index contributed by atoms with van der Waals surface area (Å²) in [5, 5.41) is 7.86. The Morgan fingerprint density at radius 2 is 1.82 bits per heavy atom. The van der Waals surface area contributed by atoms with Crippen molar-refractivity contribution in [1.29, 1.82) is 0 Å². The van der Waals surface area contributed by atoms with Crippen LogP contribution in [-0.4, -0.2) is 41.9 Å². The van der Waals surface area contributed by atoms with E-state index in [1.54, 1.807) is 7.11 Å². The summed E-state index contributed by atoms with van der Waals surface area (Å²) in [4.78, 5) is 39.5. The molecule has 34 heavy (non-hydrogen) atoms. The van der Waals surface area contributed by atoms with E-state index in [0.29, 0.717) is 25.3 Å². The maximum absolute atomic E-state index is 13.2. The number of methoxy groups -OCH3 is 1. The third-order valence-electron chi connectivity index (χ3n) is 8.00. The third-order valence-corrected chi connectivity index (χ3v) is 8.00. The Labute approximate surface area is 201 Å². The van der Waals surface area contributed by atoms with Crippen molar-refractivity contribution < 1.29 is 19.1 Å². The fourth-order valence-electron chi connectivity index (χ4n) is 5.25. The number of urea groups is 1. The topological polar surface area (TPSA) is 87.7 Å². The van der Waals surface area contributed by atoms with Crippen molar-refractivity contribution in [2.24, 2.45) is 11.3 Å². The molecule has 4 amide bonds. The molecule has 2 fully saturated rings. The van der Waals surface area contributed by atoms with Crippen molar-refractivity contribution >= 4 is 28.6 Å². The largest absolute Gasteiger partial charge is 0.497 e. The van der Waals surface area contributed by atoms with E-state index in [-0.39, 0.29) is 23.8 Å². The van der Waals surface area contributed by atoms with Gasteiger partial charge in [-0.15, -0.1) is 0 Å². The van der Waals surface area contributed by atoms with Gasteiger partial charge in [0.25, 0.3) is 5.91 Å². The van der Waals surface area contributed by atoms with Gasteiger partial charge < -0.3 is 15.4 Å². The van der Waals surface area contributed by atoms with Crippen molar-refractivity contribution in [3.05, 3.63) is 42.0 Å². The first-order chi connectivity index (χ1) is 16.2. The molecule has 1 aliphatic heterocycles. The van der Waals surface area contributed by atoms with Crippen LogP contribution >= 0.6 is 0 Å². The summed E-state index contributed by atoms with van der Waals surface area (Å²) >= 11 is 0. The fraction of sp³-hybridized carbons (Fsp3) is 0.519. The van der Waals surface area contributed by atoms with Crippen LogP contribution in [0.2, 0.25) is 0 Å². The highest BCUT2D eigenvalue weighted by Crippen LogP contribution is 2.45. The number of nitrogens with one attached hydrogen (secondary N) is 2. The van der Waals surface area contributed by atoms with Gasteiger partial charge in [-0.05, 0) is 71.6 Å². The number of benzene rings is 2. The molecule has 1 saturated heterocycles. The van der Waals surface area contributed by atoms with E-state index in [0.717, 1.165) is 46.2 Å². The first kappa shape index (κ1) is 24.0.